The maximum Gasteiger partial charge on any atom is 0.266 e. The molecule has 190 valence electrons. The molecule has 0 amide bonds. The second-order valence-electron chi connectivity index (χ2n) is 7.18. The third-order valence-corrected chi connectivity index (χ3v) is 7.04. The smallest absolute Gasteiger partial charge is 0.266 e. The number of sulfonamides is 1. The van der Waals surface area contributed by atoms with Crippen molar-refractivity contribution in [1.29, 1.82) is 0 Å². The van der Waals surface area contributed by atoms with Crippen LogP contribution in [0.25, 0.3) is 11.3 Å². The average Bonchev–Trinajstić information content (AvgIpc) is 3.37. The maximum atomic E-state index is 14.9. The van der Waals surface area contributed by atoms with Gasteiger partial charge in [0.2, 0.25) is 5.95 Å². The van der Waals surface area contributed by atoms with Crippen LogP contribution >= 0.6 is 22.9 Å². The van der Waals surface area contributed by atoms with Gasteiger partial charge in [-0.2, -0.15) is 4.39 Å². The van der Waals surface area contributed by atoms with Gasteiger partial charge < -0.3 is 10.5 Å². The molecule has 0 spiro atoms. The molecule has 0 aliphatic heterocycles. The van der Waals surface area contributed by atoms with E-state index in [0.717, 1.165) is 12.1 Å². The zero-order valence-electron chi connectivity index (χ0n) is 18.9. The summed E-state index contributed by atoms with van der Waals surface area (Å²) in [5, 5.41) is 1.28. The number of aromatic nitrogens is 3. The third-order valence-electron chi connectivity index (χ3n) is 4.79. The van der Waals surface area contributed by atoms with Crippen molar-refractivity contribution in [2.24, 2.45) is 10.7 Å². The number of rotatable bonds is 8. The van der Waals surface area contributed by atoms with Gasteiger partial charge in [0.15, 0.2) is 11.6 Å². The third kappa shape index (κ3) is 5.90. The van der Waals surface area contributed by atoms with E-state index in [-0.39, 0.29) is 28.0 Å². The lowest BCUT2D eigenvalue weighted by Crippen LogP contribution is -2.15. The van der Waals surface area contributed by atoms with E-state index >= 15 is 0 Å². The number of aliphatic imine (C=N–C) groups is 1. The van der Waals surface area contributed by atoms with Crippen LogP contribution < -0.4 is 15.2 Å². The molecule has 4 rings (SSSR count). The number of nitrogens with one attached hydrogen (secondary N) is 1. The summed E-state index contributed by atoms with van der Waals surface area (Å²) in [4.78, 5) is 15.5. The summed E-state index contributed by atoms with van der Waals surface area (Å²) in [7, 11) is -2.80. The first-order chi connectivity index (χ1) is 17.7. The first kappa shape index (κ1) is 26.1. The Morgan fingerprint density at radius 1 is 1.19 bits per heavy atom. The van der Waals surface area contributed by atoms with Gasteiger partial charge in [0.25, 0.3) is 10.0 Å². The van der Waals surface area contributed by atoms with Gasteiger partial charge >= 0.3 is 0 Å². The Morgan fingerprint density at radius 2 is 2.00 bits per heavy atom. The van der Waals surface area contributed by atoms with Crippen molar-refractivity contribution < 1.29 is 21.9 Å². The lowest BCUT2D eigenvalue weighted by molar-refractivity contribution is 0.470. The minimum Gasteiger partial charge on any atom is -0.453 e. The van der Waals surface area contributed by atoms with Crippen molar-refractivity contribution >= 4 is 44.5 Å². The molecule has 0 bridgehead atoms. The lowest BCUT2D eigenvalue weighted by Gasteiger charge is -2.15. The summed E-state index contributed by atoms with van der Waals surface area (Å²) < 4.78 is 61.5. The van der Waals surface area contributed by atoms with Crippen LogP contribution in [0.4, 0.5) is 14.6 Å². The fourth-order valence-corrected chi connectivity index (χ4v) is 5.03. The Balaban J connectivity index is 1.73. The molecule has 1 aromatic carbocycles. The molecule has 0 aliphatic rings. The monoisotopic (exact) mass is 562 g/mol. The second kappa shape index (κ2) is 11.0. The Hall–Kier alpha value is -3.94. The molecule has 0 atom stereocenters. The number of hydrogen-bond donors (Lipinski definition) is 2. The zero-order chi connectivity index (χ0) is 26.6. The van der Waals surface area contributed by atoms with Gasteiger partial charge in [0.05, 0.1) is 21.9 Å². The molecule has 0 unspecified atom stereocenters. The van der Waals surface area contributed by atoms with Gasteiger partial charge in [-0.1, -0.05) is 11.6 Å². The van der Waals surface area contributed by atoms with E-state index < -0.39 is 26.7 Å². The number of hydrogen-bond acceptors (Lipinski definition) is 9. The minimum absolute atomic E-state index is 0.0485. The fourth-order valence-electron chi connectivity index (χ4n) is 3.12. The van der Waals surface area contributed by atoms with E-state index in [0.29, 0.717) is 17.0 Å². The van der Waals surface area contributed by atoms with Crippen LogP contribution in [0.2, 0.25) is 5.02 Å². The topological polar surface area (TPSA) is 132 Å². The van der Waals surface area contributed by atoms with Gasteiger partial charge in [-0.25, -0.2) is 27.8 Å². The Kier molecular flexibility index (Phi) is 7.76. The van der Waals surface area contributed by atoms with E-state index in [2.05, 4.69) is 24.7 Å². The Bertz CT molecular complexity index is 1600. The van der Waals surface area contributed by atoms with Crippen molar-refractivity contribution in [3.05, 3.63) is 88.2 Å². The molecular formula is C23H17ClF2N6O3S2. The molecule has 14 heteroatoms. The van der Waals surface area contributed by atoms with Crippen molar-refractivity contribution in [3.8, 4) is 22.8 Å². The number of halogens is 3. The number of pyridine rings is 2. The Morgan fingerprint density at radius 3 is 2.65 bits per heavy atom. The lowest BCUT2D eigenvalue weighted by atomic mass is 10.1. The first-order valence-electron chi connectivity index (χ1n) is 10.3. The molecule has 3 heterocycles. The molecule has 3 N–H and O–H groups in total. The number of anilines is 1. The Labute approximate surface area is 219 Å². The molecule has 3 aromatic heterocycles. The SMILES string of the molecule is CN=C(C=CN)c1nc(-c2ccc(F)nc2)ccc1Oc1cc(F)c(S(=O)(=O)Nc2cscn2)cc1Cl. The fraction of sp³-hybridized carbons (Fsp3) is 0.0435. The number of thiazole rings is 1. The summed E-state index contributed by atoms with van der Waals surface area (Å²) in [6, 6.07) is 7.58. The number of nitrogens with zero attached hydrogens (tertiary/aromatic N) is 4. The van der Waals surface area contributed by atoms with Gasteiger partial charge in [-0.15, -0.1) is 11.3 Å². The van der Waals surface area contributed by atoms with E-state index in [4.69, 9.17) is 22.1 Å². The van der Waals surface area contributed by atoms with Crippen LogP contribution in [0, 0.1) is 11.8 Å². The van der Waals surface area contributed by atoms with Crippen LogP contribution in [0.3, 0.4) is 0 Å². The molecule has 37 heavy (non-hydrogen) atoms. The number of ether oxygens (including phenoxy) is 1. The summed E-state index contributed by atoms with van der Waals surface area (Å²) in [6.45, 7) is 0. The standard InChI is InChI=1S/C23H17ClF2N6O3S2/c1-28-17(6-7-27)23-18(4-3-16(31-23)13-2-5-21(26)29-10-13)35-19-9-15(25)20(8-14(19)24)37(33,34)32-22-11-36-12-30-22/h2-12,32H,27H2,1H3. The predicted molar refractivity (Wildman–Crippen MR) is 138 cm³/mol. The van der Waals surface area contributed by atoms with Gasteiger partial charge in [-0.05, 0) is 42.6 Å². The normalized spacial score (nSPS) is 12.2. The molecule has 0 radical (unpaired) electrons. The highest BCUT2D eigenvalue weighted by Gasteiger charge is 2.24. The highest BCUT2D eigenvalue weighted by molar-refractivity contribution is 7.92. The molecule has 9 nitrogen and oxygen atoms in total. The van der Waals surface area contributed by atoms with Crippen molar-refractivity contribution in [2.75, 3.05) is 11.8 Å². The molecule has 0 fully saturated rings. The van der Waals surface area contributed by atoms with E-state index in [1.165, 1.54) is 65.9 Å². The van der Waals surface area contributed by atoms with Crippen molar-refractivity contribution in [1.82, 2.24) is 15.0 Å². The van der Waals surface area contributed by atoms with Crippen LogP contribution in [-0.4, -0.2) is 36.1 Å². The molecular weight excluding hydrogens is 546 g/mol. The quantitative estimate of drug-likeness (QED) is 0.228. The average molecular weight is 563 g/mol. The van der Waals surface area contributed by atoms with Gasteiger partial charge in [0.1, 0.15) is 22.2 Å². The van der Waals surface area contributed by atoms with Crippen LogP contribution in [0.1, 0.15) is 5.69 Å². The zero-order valence-corrected chi connectivity index (χ0v) is 21.3. The minimum atomic E-state index is -4.31. The van der Waals surface area contributed by atoms with Crippen LogP contribution in [0.5, 0.6) is 11.5 Å². The van der Waals surface area contributed by atoms with Crippen LogP contribution in [0.15, 0.2) is 75.6 Å². The summed E-state index contributed by atoms with van der Waals surface area (Å²) in [6.07, 6.45) is 4.04. The van der Waals surface area contributed by atoms with Crippen LogP contribution in [-0.2, 0) is 10.0 Å². The molecule has 0 saturated carbocycles. The molecule has 0 aliphatic carbocycles. The molecule has 0 saturated heterocycles. The second-order valence-corrected chi connectivity index (χ2v) is 9.95. The van der Waals surface area contributed by atoms with Gasteiger partial charge in [0, 0.05) is 30.3 Å². The van der Waals surface area contributed by atoms with E-state index in [9.17, 15) is 17.2 Å². The summed E-state index contributed by atoms with van der Waals surface area (Å²) >= 11 is 7.45. The largest absolute Gasteiger partial charge is 0.453 e. The maximum absolute atomic E-state index is 14.9. The van der Waals surface area contributed by atoms with E-state index in [1.54, 1.807) is 6.07 Å². The first-order valence-corrected chi connectivity index (χ1v) is 13.1. The van der Waals surface area contributed by atoms with Crippen molar-refractivity contribution in [2.45, 2.75) is 4.90 Å². The summed E-state index contributed by atoms with van der Waals surface area (Å²) in [5.41, 5.74) is 8.44. The van der Waals surface area contributed by atoms with Gasteiger partial charge in [-0.3, -0.25) is 9.71 Å². The van der Waals surface area contributed by atoms with E-state index in [1.807, 2.05) is 0 Å². The number of allylic oxidation sites excluding steroid dienone is 1. The van der Waals surface area contributed by atoms with Crippen molar-refractivity contribution in [3.63, 3.8) is 0 Å². The highest BCUT2D eigenvalue weighted by Crippen LogP contribution is 2.36. The highest BCUT2D eigenvalue weighted by atomic mass is 35.5. The number of nitrogens with two attached hydrogens (primary N) is 1. The number of benzene rings is 1. The molecule has 4 aromatic rings. The predicted octanol–water partition coefficient (Wildman–Crippen LogP) is 5.02. The summed E-state index contributed by atoms with van der Waals surface area (Å²) in [5.74, 6) is -1.74.